The third kappa shape index (κ3) is 1.46. The van der Waals surface area contributed by atoms with Crippen molar-refractivity contribution in [3.05, 3.63) is 0 Å². The molecule has 1 fully saturated rings. The van der Waals surface area contributed by atoms with Crippen LogP contribution in [0.4, 0.5) is 0 Å². The van der Waals surface area contributed by atoms with Gasteiger partial charge in [0.05, 0.1) is 6.10 Å². The largest absolute Gasteiger partial charge is 0.396 e. The van der Waals surface area contributed by atoms with E-state index in [9.17, 15) is 5.11 Å². The first kappa shape index (κ1) is 7.94. The first-order chi connectivity index (χ1) is 4.75. The van der Waals surface area contributed by atoms with Gasteiger partial charge >= 0.3 is 0 Å². The molecule has 0 radical (unpaired) electrons. The lowest BCUT2D eigenvalue weighted by Gasteiger charge is -2.31. The number of aliphatic hydroxyl groups excluding tert-OH is 2. The number of hydrogen-bond donors (Lipinski definition) is 4. The molecular weight excluding hydrogens is 132 g/mol. The van der Waals surface area contributed by atoms with Crippen LogP contribution in [0.2, 0.25) is 0 Å². The van der Waals surface area contributed by atoms with Gasteiger partial charge in [0.1, 0.15) is 0 Å². The third-order valence-corrected chi connectivity index (χ3v) is 1.94. The molecular formula is C6H14N2O2. The summed E-state index contributed by atoms with van der Waals surface area (Å²) in [6, 6.07) is -0.231. The van der Waals surface area contributed by atoms with Crippen LogP contribution in [0.5, 0.6) is 0 Å². The Kier molecular flexibility index (Phi) is 2.62. The molecule has 60 valence electrons. The predicted octanol–water partition coefficient (Wildman–Crippen LogP) is -2.11. The van der Waals surface area contributed by atoms with Crippen molar-refractivity contribution >= 4 is 0 Å². The van der Waals surface area contributed by atoms with E-state index in [1.54, 1.807) is 0 Å². The smallest absolute Gasteiger partial charge is 0.0765 e. The summed E-state index contributed by atoms with van der Waals surface area (Å²) < 4.78 is 0. The first-order valence-electron chi connectivity index (χ1n) is 3.51. The average Bonchev–Trinajstić information content (AvgIpc) is 1.95. The maximum absolute atomic E-state index is 9.31. The Morgan fingerprint density at radius 2 is 2.20 bits per heavy atom. The lowest BCUT2D eigenvalue weighted by atomic mass is 9.94. The number of nitrogens with two attached hydrogens (primary N) is 1. The van der Waals surface area contributed by atoms with Gasteiger partial charge in [-0.2, -0.15) is 0 Å². The molecule has 0 saturated carbocycles. The van der Waals surface area contributed by atoms with Gasteiger partial charge in [0.15, 0.2) is 0 Å². The van der Waals surface area contributed by atoms with Crippen molar-refractivity contribution in [1.82, 2.24) is 5.32 Å². The maximum Gasteiger partial charge on any atom is 0.0765 e. The SMILES string of the molecule is N[C@H]1CNC[C@@H](CO)[C@H]1O. The number of nitrogens with one attached hydrogen (secondary N) is 1. The standard InChI is InChI=1S/C6H14N2O2/c7-5-2-8-1-4(3-9)6(5)10/h4-6,8-10H,1-3,7H2/t4-,5-,6+/m0/s1. The zero-order valence-corrected chi connectivity index (χ0v) is 5.83. The molecule has 0 aromatic carbocycles. The van der Waals surface area contributed by atoms with Gasteiger partial charge in [0.25, 0.3) is 0 Å². The fraction of sp³-hybridized carbons (Fsp3) is 1.00. The number of hydrogen-bond acceptors (Lipinski definition) is 4. The lowest BCUT2D eigenvalue weighted by Crippen LogP contribution is -2.55. The summed E-state index contributed by atoms with van der Waals surface area (Å²) in [6.07, 6.45) is -0.550. The predicted molar refractivity (Wildman–Crippen MR) is 37.4 cm³/mol. The van der Waals surface area contributed by atoms with Crippen LogP contribution in [-0.4, -0.2) is 42.1 Å². The fourth-order valence-corrected chi connectivity index (χ4v) is 1.20. The highest BCUT2D eigenvalue weighted by molar-refractivity contribution is 4.86. The highest BCUT2D eigenvalue weighted by Crippen LogP contribution is 2.08. The molecule has 0 amide bonds. The van der Waals surface area contributed by atoms with Gasteiger partial charge in [0.2, 0.25) is 0 Å². The van der Waals surface area contributed by atoms with Crippen molar-refractivity contribution < 1.29 is 10.2 Å². The normalized spacial score (nSPS) is 41.7. The molecule has 1 rings (SSSR count). The molecule has 0 aliphatic carbocycles. The van der Waals surface area contributed by atoms with E-state index in [4.69, 9.17) is 10.8 Å². The van der Waals surface area contributed by atoms with Crippen LogP contribution in [0.1, 0.15) is 0 Å². The number of piperidine rings is 1. The number of aliphatic hydroxyl groups is 2. The monoisotopic (exact) mass is 146 g/mol. The van der Waals surface area contributed by atoms with Gasteiger partial charge in [-0.3, -0.25) is 0 Å². The lowest BCUT2D eigenvalue weighted by molar-refractivity contribution is 0.0303. The minimum atomic E-state index is -0.550. The zero-order valence-electron chi connectivity index (χ0n) is 5.83. The van der Waals surface area contributed by atoms with E-state index in [-0.39, 0.29) is 18.6 Å². The first-order valence-corrected chi connectivity index (χ1v) is 3.51. The van der Waals surface area contributed by atoms with E-state index in [0.717, 1.165) is 0 Å². The third-order valence-electron chi connectivity index (χ3n) is 1.94. The second-order valence-electron chi connectivity index (χ2n) is 2.76. The van der Waals surface area contributed by atoms with E-state index in [1.165, 1.54) is 0 Å². The quantitative estimate of drug-likeness (QED) is 0.341. The van der Waals surface area contributed by atoms with Crippen LogP contribution < -0.4 is 11.1 Å². The summed E-state index contributed by atoms with van der Waals surface area (Å²) in [7, 11) is 0. The van der Waals surface area contributed by atoms with Crippen LogP contribution in [-0.2, 0) is 0 Å². The Morgan fingerprint density at radius 3 is 2.70 bits per heavy atom. The maximum atomic E-state index is 9.31. The van der Waals surface area contributed by atoms with Crippen molar-refractivity contribution in [3.8, 4) is 0 Å². The van der Waals surface area contributed by atoms with Crippen molar-refractivity contribution in [2.75, 3.05) is 19.7 Å². The van der Waals surface area contributed by atoms with E-state index in [2.05, 4.69) is 5.32 Å². The molecule has 3 atom stereocenters. The molecule has 1 aliphatic heterocycles. The van der Waals surface area contributed by atoms with E-state index >= 15 is 0 Å². The highest BCUT2D eigenvalue weighted by Gasteiger charge is 2.28. The highest BCUT2D eigenvalue weighted by atomic mass is 16.3. The van der Waals surface area contributed by atoms with Crippen LogP contribution in [0, 0.1) is 5.92 Å². The summed E-state index contributed by atoms with van der Waals surface area (Å²) in [5.41, 5.74) is 5.52. The average molecular weight is 146 g/mol. The molecule has 4 heteroatoms. The van der Waals surface area contributed by atoms with Crippen molar-refractivity contribution in [3.63, 3.8) is 0 Å². The molecule has 0 aromatic rings. The summed E-state index contributed by atoms with van der Waals surface area (Å²) in [5, 5.41) is 21.1. The van der Waals surface area contributed by atoms with Gasteiger partial charge in [-0.05, 0) is 0 Å². The van der Waals surface area contributed by atoms with Crippen LogP contribution in [0.3, 0.4) is 0 Å². The Hall–Kier alpha value is -0.160. The molecule has 1 heterocycles. The molecule has 0 bridgehead atoms. The van der Waals surface area contributed by atoms with Gasteiger partial charge in [-0.1, -0.05) is 0 Å². The number of rotatable bonds is 1. The van der Waals surface area contributed by atoms with Crippen LogP contribution in [0.25, 0.3) is 0 Å². The minimum Gasteiger partial charge on any atom is -0.396 e. The van der Waals surface area contributed by atoms with E-state index in [1.807, 2.05) is 0 Å². The van der Waals surface area contributed by atoms with Gasteiger partial charge < -0.3 is 21.3 Å². The molecule has 0 spiro atoms. The summed E-state index contributed by atoms with van der Waals surface area (Å²) in [5.74, 6) is -0.0938. The molecule has 10 heavy (non-hydrogen) atoms. The Morgan fingerprint density at radius 1 is 1.50 bits per heavy atom. The Bertz CT molecular complexity index is 110. The molecule has 1 aliphatic rings. The van der Waals surface area contributed by atoms with Crippen molar-refractivity contribution in [2.24, 2.45) is 11.7 Å². The fourth-order valence-electron chi connectivity index (χ4n) is 1.20. The summed E-state index contributed by atoms with van der Waals surface area (Å²) >= 11 is 0. The topological polar surface area (TPSA) is 78.5 Å². The van der Waals surface area contributed by atoms with Crippen LogP contribution >= 0.6 is 0 Å². The molecule has 4 nitrogen and oxygen atoms in total. The van der Waals surface area contributed by atoms with E-state index in [0.29, 0.717) is 13.1 Å². The summed E-state index contributed by atoms with van der Waals surface area (Å²) in [6.45, 7) is 1.30. The molecule has 5 N–H and O–H groups in total. The van der Waals surface area contributed by atoms with Crippen molar-refractivity contribution in [1.29, 1.82) is 0 Å². The summed E-state index contributed by atoms with van der Waals surface area (Å²) in [4.78, 5) is 0. The minimum absolute atomic E-state index is 0.00185. The van der Waals surface area contributed by atoms with Crippen LogP contribution in [0.15, 0.2) is 0 Å². The Balaban J connectivity index is 2.42. The molecule has 0 aromatic heterocycles. The second kappa shape index (κ2) is 3.30. The Labute approximate surface area is 60.0 Å². The van der Waals surface area contributed by atoms with Gasteiger partial charge in [-0.15, -0.1) is 0 Å². The van der Waals surface area contributed by atoms with Crippen molar-refractivity contribution in [2.45, 2.75) is 12.1 Å². The second-order valence-corrected chi connectivity index (χ2v) is 2.76. The molecule has 0 unspecified atom stereocenters. The molecule has 1 saturated heterocycles. The zero-order chi connectivity index (χ0) is 7.56. The van der Waals surface area contributed by atoms with E-state index < -0.39 is 6.10 Å². The van der Waals surface area contributed by atoms with Gasteiger partial charge in [0, 0.05) is 31.7 Å². The van der Waals surface area contributed by atoms with Gasteiger partial charge in [-0.25, -0.2) is 0 Å².